The lowest BCUT2D eigenvalue weighted by atomic mass is 10.2. The van der Waals surface area contributed by atoms with Gasteiger partial charge in [0.2, 0.25) is 0 Å². The zero-order valence-corrected chi connectivity index (χ0v) is 10.1. The summed E-state index contributed by atoms with van der Waals surface area (Å²) in [6, 6.07) is 16.8. The Labute approximate surface area is 107 Å². The molecule has 0 amide bonds. The quantitative estimate of drug-likeness (QED) is 0.788. The number of hydrogen-bond donors (Lipinski definition) is 1. The van der Waals surface area contributed by atoms with Gasteiger partial charge in [-0.25, -0.2) is 4.39 Å². The molecular weight excluding hydrogens is 225 g/mol. The first kappa shape index (κ1) is 12.5. The summed E-state index contributed by atoms with van der Waals surface area (Å²) in [4.78, 5) is 0. The van der Waals surface area contributed by atoms with Gasteiger partial charge in [0.1, 0.15) is 5.82 Å². The third-order valence-corrected chi connectivity index (χ3v) is 2.59. The van der Waals surface area contributed by atoms with Crippen LogP contribution >= 0.6 is 0 Å². The van der Waals surface area contributed by atoms with Crippen molar-refractivity contribution in [2.75, 3.05) is 6.54 Å². The predicted octanol–water partition coefficient (Wildman–Crippen LogP) is 3.63. The van der Waals surface area contributed by atoms with E-state index in [0.29, 0.717) is 6.54 Å². The van der Waals surface area contributed by atoms with Crippen LogP contribution in [0.5, 0.6) is 0 Å². The van der Waals surface area contributed by atoms with Crippen LogP contribution in [-0.2, 0) is 6.54 Å². The normalized spacial score (nSPS) is 10.9. The maximum absolute atomic E-state index is 12.9. The van der Waals surface area contributed by atoms with Crippen LogP contribution in [0, 0.1) is 5.82 Å². The van der Waals surface area contributed by atoms with E-state index in [0.717, 1.165) is 12.1 Å². The van der Waals surface area contributed by atoms with Crippen LogP contribution in [-0.4, -0.2) is 6.54 Å². The maximum atomic E-state index is 12.9. The van der Waals surface area contributed by atoms with Crippen LogP contribution < -0.4 is 5.32 Å². The van der Waals surface area contributed by atoms with Crippen LogP contribution in [0.3, 0.4) is 0 Å². The first-order valence-electron chi connectivity index (χ1n) is 6.01. The second-order valence-corrected chi connectivity index (χ2v) is 4.07. The van der Waals surface area contributed by atoms with Gasteiger partial charge < -0.3 is 5.32 Å². The molecule has 0 aliphatic heterocycles. The average molecular weight is 241 g/mol. The molecule has 0 unspecified atom stereocenters. The molecule has 92 valence electrons. The minimum atomic E-state index is -0.186. The van der Waals surface area contributed by atoms with E-state index in [2.05, 4.69) is 29.6 Å². The Bertz CT molecular complexity index is 506. The highest BCUT2D eigenvalue weighted by molar-refractivity contribution is 5.48. The molecule has 0 atom stereocenters. The van der Waals surface area contributed by atoms with Gasteiger partial charge in [-0.05, 0) is 23.3 Å². The third kappa shape index (κ3) is 4.15. The molecule has 1 nitrogen and oxygen atoms in total. The summed E-state index contributed by atoms with van der Waals surface area (Å²) in [6.07, 6.45) is 4.13. The van der Waals surface area contributed by atoms with E-state index in [4.69, 9.17) is 0 Å². The molecule has 2 rings (SSSR count). The van der Waals surface area contributed by atoms with Crippen molar-refractivity contribution >= 4 is 6.08 Å². The smallest absolute Gasteiger partial charge is 0.123 e. The Morgan fingerprint density at radius 2 is 1.83 bits per heavy atom. The van der Waals surface area contributed by atoms with Crippen LogP contribution in [0.1, 0.15) is 11.1 Å². The number of halogens is 1. The molecule has 0 aliphatic carbocycles. The Hall–Kier alpha value is -1.93. The molecule has 0 aromatic heterocycles. The number of rotatable bonds is 5. The van der Waals surface area contributed by atoms with Gasteiger partial charge in [-0.3, -0.25) is 0 Å². The SMILES string of the molecule is Fc1cccc(CNCC=Cc2ccccc2)c1. The van der Waals surface area contributed by atoms with Gasteiger partial charge in [0.05, 0.1) is 0 Å². The summed E-state index contributed by atoms with van der Waals surface area (Å²) < 4.78 is 12.9. The second kappa shape index (κ2) is 6.72. The molecule has 2 aromatic carbocycles. The second-order valence-electron chi connectivity index (χ2n) is 4.07. The Kier molecular flexibility index (Phi) is 4.68. The Morgan fingerprint density at radius 1 is 1.00 bits per heavy atom. The summed E-state index contributed by atoms with van der Waals surface area (Å²) in [5.41, 5.74) is 2.15. The van der Waals surface area contributed by atoms with Crippen molar-refractivity contribution in [1.82, 2.24) is 5.32 Å². The average Bonchev–Trinajstić information content (AvgIpc) is 2.40. The highest BCUT2D eigenvalue weighted by Gasteiger charge is 1.93. The Morgan fingerprint density at radius 3 is 2.61 bits per heavy atom. The zero-order valence-electron chi connectivity index (χ0n) is 10.1. The predicted molar refractivity (Wildman–Crippen MR) is 73.6 cm³/mol. The van der Waals surface area contributed by atoms with Crippen LogP contribution in [0.2, 0.25) is 0 Å². The molecule has 18 heavy (non-hydrogen) atoms. The van der Waals surface area contributed by atoms with Crippen molar-refractivity contribution in [3.63, 3.8) is 0 Å². The lowest BCUT2D eigenvalue weighted by Crippen LogP contribution is -2.12. The van der Waals surface area contributed by atoms with E-state index in [9.17, 15) is 4.39 Å². The van der Waals surface area contributed by atoms with E-state index >= 15 is 0 Å². The van der Waals surface area contributed by atoms with Crippen molar-refractivity contribution in [3.8, 4) is 0 Å². The Balaban J connectivity index is 1.75. The number of nitrogens with one attached hydrogen (secondary N) is 1. The van der Waals surface area contributed by atoms with Gasteiger partial charge >= 0.3 is 0 Å². The van der Waals surface area contributed by atoms with Crippen molar-refractivity contribution in [2.45, 2.75) is 6.54 Å². The molecule has 2 aromatic rings. The van der Waals surface area contributed by atoms with Crippen LogP contribution in [0.15, 0.2) is 60.7 Å². The minimum absolute atomic E-state index is 0.186. The van der Waals surface area contributed by atoms with Gasteiger partial charge in [0.15, 0.2) is 0 Å². The lowest BCUT2D eigenvalue weighted by Gasteiger charge is -2.01. The molecular formula is C16H16FN. The molecule has 2 heteroatoms. The molecule has 0 fully saturated rings. The summed E-state index contributed by atoms with van der Waals surface area (Å²) in [6.45, 7) is 1.45. The lowest BCUT2D eigenvalue weighted by molar-refractivity contribution is 0.623. The molecule has 1 N–H and O–H groups in total. The summed E-state index contributed by atoms with van der Waals surface area (Å²) in [5, 5.41) is 3.25. The summed E-state index contributed by atoms with van der Waals surface area (Å²) >= 11 is 0. The minimum Gasteiger partial charge on any atom is -0.309 e. The van der Waals surface area contributed by atoms with Crippen molar-refractivity contribution in [3.05, 3.63) is 77.6 Å². The molecule has 0 bridgehead atoms. The summed E-state index contributed by atoms with van der Waals surface area (Å²) in [5.74, 6) is -0.186. The highest BCUT2D eigenvalue weighted by atomic mass is 19.1. The molecule has 0 saturated heterocycles. The van der Waals surface area contributed by atoms with Gasteiger partial charge in [0.25, 0.3) is 0 Å². The largest absolute Gasteiger partial charge is 0.309 e. The van der Waals surface area contributed by atoms with E-state index in [1.807, 2.05) is 24.3 Å². The molecule has 0 spiro atoms. The maximum Gasteiger partial charge on any atom is 0.123 e. The van der Waals surface area contributed by atoms with E-state index in [1.54, 1.807) is 12.1 Å². The first-order chi connectivity index (χ1) is 8.84. The van der Waals surface area contributed by atoms with E-state index in [1.165, 1.54) is 11.6 Å². The third-order valence-electron chi connectivity index (χ3n) is 2.59. The molecule has 0 aliphatic rings. The fourth-order valence-electron chi connectivity index (χ4n) is 1.71. The van der Waals surface area contributed by atoms with Crippen molar-refractivity contribution < 1.29 is 4.39 Å². The van der Waals surface area contributed by atoms with Gasteiger partial charge in [-0.2, -0.15) is 0 Å². The number of hydrogen-bond acceptors (Lipinski definition) is 1. The molecule has 0 radical (unpaired) electrons. The highest BCUT2D eigenvalue weighted by Crippen LogP contribution is 2.03. The standard InChI is InChI=1S/C16H16FN/c17-16-10-4-8-15(12-16)13-18-11-5-9-14-6-2-1-3-7-14/h1-10,12,18H,11,13H2. The van der Waals surface area contributed by atoms with E-state index < -0.39 is 0 Å². The number of benzene rings is 2. The van der Waals surface area contributed by atoms with Gasteiger partial charge in [-0.15, -0.1) is 0 Å². The monoisotopic (exact) mass is 241 g/mol. The summed E-state index contributed by atoms with van der Waals surface area (Å²) in [7, 11) is 0. The van der Waals surface area contributed by atoms with E-state index in [-0.39, 0.29) is 5.82 Å². The van der Waals surface area contributed by atoms with Crippen molar-refractivity contribution in [1.29, 1.82) is 0 Å². The van der Waals surface area contributed by atoms with Crippen LogP contribution in [0.25, 0.3) is 6.08 Å². The fourth-order valence-corrected chi connectivity index (χ4v) is 1.71. The van der Waals surface area contributed by atoms with Gasteiger partial charge in [-0.1, -0.05) is 54.6 Å². The fraction of sp³-hybridized carbons (Fsp3) is 0.125. The topological polar surface area (TPSA) is 12.0 Å². The van der Waals surface area contributed by atoms with Crippen molar-refractivity contribution in [2.24, 2.45) is 0 Å². The molecule has 0 saturated carbocycles. The van der Waals surface area contributed by atoms with Gasteiger partial charge in [0, 0.05) is 13.1 Å². The zero-order chi connectivity index (χ0) is 12.6. The molecule has 0 heterocycles. The van der Waals surface area contributed by atoms with Crippen LogP contribution in [0.4, 0.5) is 4.39 Å². The first-order valence-corrected chi connectivity index (χ1v) is 6.01.